The van der Waals surface area contributed by atoms with Crippen molar-refractivity contribution in [1.82, 2.24) is 0 Å². The van der Waals surface area contributed by atoms with Gasteiger partial charge in [0.1, 0.15) is 36.9 Å². The van der Waals surface area contributed by atoms with Crippen molar-refractivity contribution in [3.05, 3.63) is 71.8 Å². The second-order valence-electron chi connectivity index (χ2n) is 8.77. The lowest BCUT2D eigenvalue weighted by atomic mass is 9.89. The van der Waals surface area contributed by atoms with E-state index in [0.717, 1.165) is 57.7 Å². The fourth-order valence-electron chi connectivity index (χ4n) is 4.49. The molecule has 2 aliphatic rings. The topological polar surface area (TPSA) is 43.5 Å². The standard InChI is InChI=1S/C28H26O4/c1-17-11-19-7-3-5-9-23(19)25(27(17)31-15-21-13-29-21)26-24-10-6-4-8-20(24)12-18(2)28(26)32-16-22-14-30-22/h3-12,21-22H,13-16H2,1-2H3. The summed E-state index contributed by atoms with van der Waals surface area (Å²) >= 11 is 0. The van der Waals surface area contributed by atoms with E-state index >= 15 is 0 Å². The van der Waals surface area contributed by atoms with Crippen LogP contribution in [0.1, 0.15) is 11.1 Å². The van der Waals surface area contributed by atoms with Crippen LogP contribution in [0.3, 0.4) is 0 Å². The minimum atomic E-state index is 0.186. The maximum Gasteiger partial charge on any atom is 0.130 e. The second kappa shape index (κ2) is 7.80. The molecule has 0 bridgehead atoms. The molecule has 0 spiro atoms. The molecule has 2 fully saturated rings. The number of aryl methyl sites for hydroxylation is 2. The van der Waals surface area contributed by atoms with Crippen LogP contribution in [0.4, 0.5) is 0 Å². The predicted molar refractivity (Wildman–Crippen MR) is 127 cm³/mol. The molecule has 4 heteroatoms. The summed E-state index contributed by atoms with van der Waals surface area (Å²) in [5.41, 5.74) is 4.41. The second-order valence-corrected chi connectivity index (χ2v) is 8.77. The van der Waals surface area contributed by atoms with Crippen LogP contribution in [0.2, 0.25) is 0 Å². The van der Waals surface area contributed by atoms with Gasteiger partial charge < -0.3 is 18.9 Å². The Morgan fingerprint density at radius 1 is 0.688 bits per heavy atom. The fourth-order valence-corrected chi connectivity index (χ4v) is 4.49. The van der Waals surface area contributed by atoms with Crippen molar-refractivity contribution in [2.75, 3.05) is 26.4 Å². The zero-order chi connectivity index (χ0) is 21.7. The van der Waals surface area contributed by atoms with Crippen LogP contribution >= 0.6 is 0 Å². The Morgan fingerprint density at radius 3 is 1.50 bits per heavy atom. The Balaban J connectivity index is 1.65. The van der Waals surface area contributed by atoms with Crippen molar-refractivity contribution in [1.29, 1.82) is 0 Å². The van der Waals surface area contributed by atoms with Crippen molar-refractivity contribution in [3.8, 4) is 22.6 Å². The molecule has 162 valence electrons. The fraction of sp³-hybridized carbons (Fsp3) is 0.286. The lowest BCUT2D eigenvalue weighted by molar-refractivity contribution is 0.260. The highest BCUT2D eigenvalue weighted by atomic mass is 16.6. The Hall–Kier alpha value is -3.08. The molecule has 0 saturated carbocycles. The van der Waals surface area contributed by atoms with Crippen molar-refractivity contribution < 1.29 is 18.9 Å². The first-order valence-electron chi connectivity index (χ1n) is 11.2. The van der Waals surface area contributed by atoms with Gasteiger partial charge in [-0.05, 0) is 58.7 Å². The van der Waals surface area contributed by atoms with Crippen LogP contribution < -0.4 is 9.47 Å². The summed E-state index contributed by atoms with van der Waals surface area (Å²) in [6.07, 6.45) is 0.372. The van der Waals surface area contributed by atoms with Crippen molar-refractivity contribution in [2.24, 2.45) is 0 Å². The van der Waals surface area contributed by atoms with Crippen LogP contribution in [-0.2, 0) is 9.47 Å². The summed E-state index contributed by atoms with van der Waals surface area (Å²) in [5, 5.41) is 4.70. The van der Waals surface area contributed by atoms with Gasteiger partial charge in [-0.15, -0.1) is 0 Å². The minimum absolute atomic E-state index is 0.186. The molecule has 4 aromatic carbocycles. The maximum atomic E-state index is 6.43. The largest absolute Gasteiger partial charge is 0.490 e. The molecule has 2 saturated heterocycles. The van der Waals surface area contributed by atoms with E-state index in [1.54, 1.807) is 0 Å². The lowest BCUT2D eigenvalue weighted by Gasteiger charge is -2.22. The molecule has 4 aromatic rings. The monoisotopic (exact) mass is 426 g/mol. The van der Waals surface area contributed by atoms with Crippen LogP contribution in [0.5, 0.6) is 11.5 Å². The minimum Gasteiger partial charge on any atom is -0.490 e. The molecule has 4 nitrogen and oxygen atoms in total. The number of benzene rings is 4. The highest BCUT2D eigenvalue weighted by Gasteiger charge is 2.28. The maximum absolute atomic E-state index is 6.43. The van der Waals surface area contributed by atoms with E-state index in [2.05, 4.69) is 74.5 Å². The van der Waals surface area contributed by atoms with Gasteiger partial charge in [0.15, 0.2) is 0 Å². The van der Waals surface area contributed by atoms with Crippen LogP contribution in [0.15, 0.2) is 60.7 Å². The van der Waals surface area contributed by atoms with E-state index in [1.165, 1.54) is 10.8 Å². The Bertz CT molecular complexity index is 1220. The van der Waals surface area contributed by atoms with Gasteiger partial charge >= 0.3 is 0 Å². The summed E-state index contributed by atoms with van der Waals surface area (Å²) in [5.74, 6) is 1.81. The van der Waals surface area contributed by atoms with E-state index < -0.39 is 0 Å². The molecule has 2 heterocycles. The third-order valence-electron chi connectivity index (χ3n) is 6.26. The van der Waals surface area contributed by atoms with E-state index in [-0.39, 0.29) is 12.2 Å². The van der Waals surface area contributed by atoms with Gasteiger partial charge in [-0.1, -0.05) is 48.5 Å². The van der Waals surface area contributed by atoms with Crippen LogP contribution in [0.25, 0.3) is 32.7 Å². The van der Waals surface area contributed by atoms with Gasteiger partial charge in [0.2, 0.25) is 0 Å². The first-order valence-corrected chi connectivity index (χ1v) is 11.2. The number of hydrogen-bond donors (Lipinski definition) is 0. The van der Waals surface area contributed by atoms with E-state index in [1.807, 2.05) is 0 Å². The summed E-state index contributed by atoms with van der Waals surface area (Å²) in [6, 6.07) is 21.4. The molecule has 2 unspecified atom stereocenters. The van der Waals surface area contributed by atoms with Crippen LogP contribution in [-0.4, -0.2) is 38.6 Å². The van der Waals surface area contributed by atoms with E-state index in [0.29, 0.717) is 13.2 Å². The zero-order valence-electron chi connectivity index (χ0n) is 18.4. The first kappa shape index (κ1) is 19.6. The molecule has 32 heavy (non-hydrogen) atoms. The summed E-state index contributed by atoms with van der Waals surface area (Å²) in [4.78, 5) is 0. The molecule has 0 radical (unpaired) electrons. The summed E-state index contributed by atoms with van der Waals surface area (Å²) < 4.78 is 23.7. The van der Waals surface area contributed by atoms with Gasteiger partial charge in [0, 0.05) is 11.1 Å². The number of ether oxygens (including phenoxy) is 4. The Labute approximate surface area is 187 Å². The molecule has 0 aliphatic carbocycles. The Morgan fingerprint density at radius 2 is 1.09 bits per heavy atom. The Kier molecular flexibility index (Phi) is 4.78. The average Bonchev–Trinajstić information content (AvgIpc) is 3.71. The highest BCUT2D eigenvalue weighted by molar-refractivity contribution is 6.10. The van der Waals surface area contributed by atoms with Gasteiger partial charge in [-0.2, -0.15) is 0 Å². The zero-order valence-corrected chi connectivity index (χ0v) is 18.4. The highest BCUT2D eigenvalue weighted by Crippen LogP contribution is 2.48. The quantitative estimate of drug-likeness (QED) is 0.349. The third kappa shape index (κ3) is 3.60. The van der Waals surface area contributed by atoms with E-state index in [4.69, 9.17) is 18.9 Å². The third-order valence-corrected chi connectivity index (χ3v) is 6.26. The molecular formula is C28H26O4. The average molecular weight is 427 g/mol. The normalized spacial score (nSPS) is 19.3. The van der Waals surface area contributed by atoms with Crippen molar-refractivity contribution in [3.63, 3.8) is 0 Å². The van der Waals surface area contributed by atoms with E-state index in [9.17, 15) is 0 Å². The van der Waals surface area contributed by atoms with Gasteiger partial charge in [-0.25, -0.2) is 0 Å². The predicted octanol–water partition coefficient (Wildman–Crippen LogP) is 5.83. The van der Waals surface area contributed by atoms with Crippen molar-refractivity contribution in [2.45, 2.75) is 26.1 Å². The number of rotatable bonds is 7. The van der Waals surface area contributed by atoms with Crippen molar-refractivity contribution >= 4 is 21.5 Å². The SMILES string of the molecule is Cc1cc2ccccc2c(-c2c(OCC3CO3)c(C)cc3ccccc23)c1OCC1CO1. The lowest BCUT2D eigenvalue weighted by Crippen LogP contribution is -2.09. The number of hydrogen-bond acceptors (Lipinski definition) is 4. The summed E-state index contributed by atoms with van der Waals surface area (Å²) in [7, 11) is 0. The molecule has 0 N–H and O–H groups in total. The molecule has 2 aliphatic heterocycles. The first-order chi connectivity index (χ1) is 15.7. The number of epoxide rings is 2. The molecule has 0 aromatic heterocycles. The summed E-state index contributed by atoms with van der Waals surface area (Å²) in [6.45, 7) is 6.89. The molecule has 2 atom stereocenters. The number of fused-ring (bicyclic) bond motifs is 2. The molecule has 6 rings (SSSR count). The van der Waals surface area contributed by atoms with Gasteiger partial charge in [0.05, 0.1) is 13.2 Å². The van der Waals surface area contributed by atoms with Gasteiger partial charge in [-0.3, -0.25) is 0 Å². The van der Waals surface area contributed by atoms with Crippen LogP contribution in [0, 0.1) is 13.8 Å². The smallest absolute Gasteiger partial charge is 0.130 e. The molecule has 0 amide bonds. The molecular weight excluding hydrogens is 400 g/mol. The van der Waals surface area contributed by atoms with Gasteiger partial charge in [0.25, 0.3) is 0 Å².